The molecule has 3 aromatic rings. The highest BCUT2D eigenvalue weighted by atomic mass is 19.4. The molecule has 3 rings (SSSR count). The average molecular weight is 281 g/mol. The van der Waals surface area contributed by atoms with Crippen LogP contribution in [0.4, 0.5) is 19.1 Å². The summed E-state index contributed by atoms with van der Waals surface area (Å²) in [6.07, 6.45) is -2.69. The first-order valence-electron chi connectivity index (χ1n) is 5.71. The molecule has 0 amide bonds. The van der Waals surface area contributed by atoms with E-state index in [0.29, 0.717) is 11.3 Å². The van der Waals surface area contributed by atoms with Crippen molar-refractivity contribution < 1.29 is 13.2 Å². The highest BCUT2D eigenvalue weighted by molar-refractivity contribution is 5.81. The van der Waals surface area contributed by atoms with Gasteiger partial charge in [-0.25, -0.2) is 4.98 Å². The van der Waals surface area contributed by atoms with Crippen molar-refractivity contribution in [1.82, 2.24) is 19.3 Å². The minimum Gasteiger partial charge on any atom is -0.369 e. The Morgan fingerprint density at radius 3 is 2.55 bits per heavy atom. The number of rotatable bonds is 1. The van der Waals surface area contributed by atoms with Crippen LogP contribution in [-0.2, 0) is 13.2 Å². The largest absolute Gasteiger partial charge is 0.416 e. The van der Waals surface area contributed by atoms with Crippen molar-refractivity contribution in [2.75, 3.05) is 5.73 Å². The van der Waals surface area contributed by atoms with Gasteiger partial charge in [-0.3, -0.25) is 9.25 Å². The molecule has 2 heterocycles. The molecule has 2 aromatic heterocycles. The lowest BCUT2D eigenvalue weighted by atomic mass is 10.2. The summed E-state index contributed by atoms with van der Waals surface area (Å²) in [6, 6.07) is 5.03. The van der Waals surface area contributed by atoms with Gasteiger partial charge in [0.15, 0.2) is 5.82 Å². The van der Waals surface area contributed by atoms with E-state index < -0.39 is 11.7 Å². The molecule has 104 valence electrons. The van der Waals surface area contributed by atoms with E-state index >= 15 is 0 Å². The quantitative estimate of drug-likeness (QED) is 0.744. The Labute approximate surface area is 111 Å². The molecule has 0 aliphatic heterocycles. The molecule has 5 nitrogen and oxygen atoms in total. The fourth-order valence-corrected chi connectivity index (χ4v) is 2.04. The number of fused-ring (bicyclic) bond motifs is 1. The van der Waals surface area contributed by atoms with Crippen molar-refractivity contribution in [2.24, 2.45) is 7.05 Å². The average Bonchev–Trinajstić information content (AvgIpc) is 2.89. The van der Waals surface area contributed by atoms with Crippen LogP contribution >= 0.6 is 0 Å². The number of hydrogen-bond donors (Lipinski definition) is 1. The minimum atomic E-state index is -4.41. The van der Waals surface area contributed by atoms with Gasteiger partial charge in [-0.15, -0.1) is 0 Å². The van der Waals surface area contributed by atoms with Gasteiger partial charge in [-0.2, -0.15) is 18.3 Å². The third-order valence-corrected chi connectivity index (χ3v) is 2.94. The summed E-state index contributed by atoms with van der Waals surface area (Å²) < 4.78 is 41.1. The molecule has 0 aliphatic carbocycles. The van der Waals surface area contributed by atoms with Crippen LogP contribution in [-0.4, -0.2) is 19.3 Å². The van der Waals surface area contributed by atoms with Crippen molar-refractivity contribution in [1.29, 1.82) is 0 Å². The Morgan fingerprint density at radius 1 is 1.20 bits per heavy atom. The molecule has 0 aliphatic rings. The molecule has 0 saturated carbocycles. The Morgan fingerprint density at radius 2 is 1.95 bits per heavy atom. The summed E-state index contributed by atoms with van der Waals surface area (Å²) in [5, 5.41) is 4.17. The van der Waals surface area contributed by atoms with Crippen LogP contribution in [0, 0.1) is 0 Å². The summed E-state index contributed by atoms with van der Waals surface area (Å²) >= 11 is 0. The molecule has 8 heteroatoms. The van der Waals surface area contributed by atoms with Crippen molar-refractivity contribution in [3.63, 3.8) is 0 Å². The summed E-state index contributed by atoms with van der Waals surface area (Å²) in [4.78, 5) is 3.96. The van der Waals surface area contributed by atoms with E-state index in [4.69, 9.17) is 5.73 Å². The molecule has 20 heavy (non-hydrogen) atoms. The Hall–Kier alpha value is -2.51. The predicted molar refractivity (Wildman–Crippen MR) is 67.3 cm³/mol. The van der Waals surface area contributed by atoms with Crippen LogP contribution in [0.15, 0.2) is 30.5 Å². The molecule has 0 bridgehead atoms. The number of benzene rings is 1. The zero-order valence-electron chi connectivity index (χ0n) is 10.4. The Kier molecular flexibility index (Phi) is 2.50. The van der Waals surface area contributed by atoms with Gasteiger partial charge in [0.1, 0.15) is 0 Å². The minimum absolute atomic E-state index is 0.0954. The van der Waals surface area contributed by atoms with E-state index in [2.05, 4.69) is 10.1 Å². The van der Waals surface area contributed by atoms with Gasteiger partial charge >= 0.3 is 6.18 Å². The van der Waals surface area contributed by atoms with Crippen LogP contribution in [0.1, 0.15) is 5.56 Å². The van der Waals surface area contributed by atoms with Crippen LogP contribution in [0.3, 0.4) is 0 Å². The SMILES string of the molecule is Cn1ccc(-n2c(N)nc3cc(C(F)(F)F)ccc32)n1. The van der Waals surface area contributed by atoms with Crippen molar-refractivity contribution in [3.8, 4) is 5.82 Å². The number of imidazole rings is 1. The zero-order valence-corrected chi connectivity index (χ0v) is 10.4. The van der Waals surface area contributed by atoms with E-state index in [-0.39, 0.29) is 11.5 Å². The van der Waals surface area contributed by atoms with E-state index in [1.165, 1.54) is 10.6 Å². The fraction of sp³-hybridized carbons (Fsp3) is 0.167. The van der Waals surface area contributed by atoms with Gasteiger partial charge in [0.2, 0.25) is 5.95 Å². The van der Waals surface area contributed by atoms with Crippen LogP contribution < -0.4 is 5.73 Å². The predicted octanol–water partition coefficient (Wildman–Crippen LogP) is 2.36. The van der Waals surface area contributed by atoms with Crippen molar-refractivity contribution >= 4 is 17.0 Å². The van der Waals surface area contributed by atoms with Crippen LogP contribution in [0.2, 0.25) is 0 Å². The van der Waals surface area contributed by atoms with Gasteiger partial charge in [0.05, 0.1) is 16.6 Å². The normalized spacial score (nSPS) is 12.2. The third-order valence-electron chi connectivity index (χ3n) is 2.94. The first kappa shape index (κ1) is 12.5. The maximum Gasteiger partial charge on any atom is 0.416 e. The smallest absolute Gasteiger partial charge is 0.369 e. The maximum atomic E-state index is 12.7. The summed E-state index contributed by atoms with van der Waals surface area (Å²) in [5.74, 6) is 0.602. The molecule has 2 N–H and O–H groups in total. The van der Waals surface area contributed by atoms with E-state index in [1.807, 2.05) is 0 Å². The van der Waals surface area contributed by atoms with Crippen LogP contribution in [0.5, 0.6) is 0 Å². The van der Waals surface area contributed by atoms with Crippen molar-refractivity contribution in [3.05, 3.63) is 36.0 Å². The fourth-order valence-electron chi connectivity index (χ4n) is 2.04. The van der Waals surface area contributed by atoms with Gasteiger partial charge in [0.25, 0.3) is 0 Å². The second kappa shape index (κ2) is 3.99. The highest BCUT2D eigenvalue weighted by Gasteiger charge is 2.31. The van der Waals surface area contributed by atoms with Gasteiger partial charge in [0, 0.05) is 19.3 Å². The number of nitrogens with zero attached hydrogens (tertiary/aromatic N) is 4. The zero-order chi connectivity index (χ0) is 14.5. The lowest BCUT2D eigenvalue weighted by Crippen LogP contribution is -2.04. The molecular weight excluding hydrogens is 271 g/mol. The summed E-state index contributed by atoms with van der Waals surface area (Å²) in [7, 11) is 1.74. The summed E-state index contributed by atoms with van der Waals surface area (Å²) in [6.45, 7) is 0. The van der Waals surface area contributed by atoms with Crippen LogP contribution in [0.25, 0.3) is 16.9 Å². The van der Waals surface area contributed by atoms with E-state index in [1.54, 1.807) is 24.0 Å². The summed E-state index contributed by atoms with van der Waals surface area (Å²) in [5.41, 5.74) is 5.69. The first-order chi connectivity index (χ1) is 9.36. The van der Waals surface area contributed by atoms with E-state index in [9.17, 15) is 13.2 Å². The highest BCUT2D eigenvalue weighted by Crippen LogP contribution is 2.32. The van der Waals surface area contributed by atoms with Crippen molar-refractivity contribution in [2.45, 2.75) is 6.18 Å². The standard InChI is InChI=1S/C12H10F3N5/c1-19-5-4-10(18-19)20-9-3-2-7(12(13,14)15)6-8(9)17-11(20)16/h2-6H,1H3,(H2,16,17). The number of alkyl halides is 3. The number of aryl methyl sites for hydroxylation is 1. The molecule has 0 fully saturated rings. The number of hydrogen-bond acceptors (Lipinski definition) is 3. The Balaban J connectivity index is 2.22. The Bertz CT molecular complexity index is 784. The maximum absolute atomic E-state index is 12.7. The van der Waals surface area contributed by atoms with Gasteiger partial charge in [-0.1, -0.05) is 0 Å². The molecule has 1 aromatic carbocycles. The first-order valence-corrected chi connectivity index (χ1v) is 5.71. The number of aromatic nitrogens is 4. The molecule has 0 spiro atoms. The van der Waals surface area contributed by atoms with Gasteiger partial charge in [-0.05, 0) is 18.2 Å². The number of halogens is 3. The second-order valence-corrected chi connectivity index (χ2v) is 4.35. The second-order valence-electron chi connectivity index (χ2n) is 4.35. The number of nitrogens with two attached hydrogens (primary N) is 1. The monoisotopic (exact) mass is 281 g/mol. The number of nitrogen functional groups attached to an aromatic ring is 1. The molecule has 0 radical (unpaired) electrons. The molecule has 0 atom stereocenters. The molecule has 0 unspecified atom stereocenters. The number of anilines is 1. The van der Waals surface area contributed by atoms with E-state index in [0.717, 1.165) is 12.1 Å². The third kappa shape index (κ3) is 1.89. The topological polar surface area (TPSA) is 61.7 Å². The molecule has 0 saturated heterocycles. The molecular formula is C12H10F3N5. The van der Waals surface area contributed by atoms with Gasteiger partial charge < -0.3 is 5.73 Å². The lowest BCUT2D eigenvalue weighted by Gasteiger charge is -2.06. The lowest BCUT2D eigenvalue weighted by molar-refractivity contribution is -0.137.